The Kier molecular flexibility index (Phi) is 5.38. The van der Waals surface area contributed by atoms with Gasteiger partial charge in [-0.1, -0.05) is 0 Å². The Morgan fingerprint density at radius 1 is 1.48 bits per heavy atom. The molecule has 116 valence electrons. The molecule has 21 heavy (non-hydrogen) atoms. The van der Waals surface area contributed by atoms with Gasteiger partial charge in [0.15, 0.2) is 0 Å². The zero-order valence-electron chi connectivity index (χ0n) is 12.2. The highest BCUT2D eigenvalue weighted by Crippen LogP contribution is 2.42. The second-order valence-corrected chi connectivity index (χ2v) is 9.29. The first kappa shape index (κ1) is 16.8. The van der Waals surface area contributed by atoms with Gasteiger partial charge >= 0.3 is 5.97 Å². The quantitative estimate of drug-likeness (QED) is 0.731. The molecule has 7 heteroatoms. The molecule has 0 N–H and O–H groups in total. The Morgan fingerprint density at radius 3 is 2.76 bits per heavy atom. The molecule has 0 aromatic carbocycles. The van der Waals surface area contributed by atoms with Gasteiger partial charge < -0.3 is 9.64 Å². The number of carbonyl (C=O) groups is 2. The summed E-state index contributed by atoms with van der Waals surface area (Å²) < 4.78 is 6.34. The van der Waals surface area contributed by atoms with Gasteiger partial charge in [0.2, 0.25) is 5.91 Å². The molecule has 1 fully saturated rings. The maximum absolute atomic E-state index is 12.0. The van der Waals surface area contributed by atoms with Crippen LogP contribution < -0.4 is 0 Å². The number of carbonyl (C=O) groups excluding carboxylic acids is 2. The molecule has 1 aliphatic rings. The number of esters is 1. The minimum atomic E-state index is -0.487. The summed E-state index contributed by atoms with van der Waals surface area (Å²) in [6.45, 7) is 5.93. The van der Waals surface area contributed by atoms with E-state index in [-0.39, 0.29) is 23.7 Å². The number of thiophene rings is 1. The Labute approximate surface area is 141 Å². The second kappa shape index (κ2) is 6.71. The van der Waals surface area contributed by atoms with Gasteiger partial charge in [-0.3, -0.25) is 9.59 Å². The molecule has 1 unspecified atom stereocenters. The van der Waals surface area contributed by atoms with Gasteiger partial charge in [-0.05, 0) is 48.8 Å². The molecule has 2 rings (SSSR count). The van der Waals surface area contributed by atoms with E-state index in [1.165, 1.54) is 0 Å². The van der Waals surface area contributed by atoms with Gasteiger partial charge in [0.05, 0.1) is 16.0 Å². The van der Waals surface area contributed by atoms with Crippen molar-refractivity contribution < 1.29 is 14.3 Å². The van der Waals surface area contributed by atoms with Crippen molar-refractivity contribution >= 4 is 50.9 Å². The summed E-state index contributed by atoms with van der Waals surface area (Å²) in [5.41, 5.74) is -0.487. The van der Waals surface area contributed by atoms with E-state index in [4.69, 9.17) is 4.74 Å². The van der Waals surface area contributed by atoms with Crippen LogP contribution >= 0.6 is 39.0 Å². The summed E-state index contributed by atoms with van der Waals surface area (Å²) in [6.07, 6.45) is 0.229. The molecule has 0 saturated carbocycles. The molecule has 0 bridgehead atoms. The van der Waals surface area contributed by atoms with E-state index < -0.39 is 5.60 Å². The molecule has 1 saturated heterocycles. The molecule has 1 amide bonds. The van der Waals surface area contributed by atoms with Gasteiger partial charge in [0, 0.05) is 11.4 Å². The predicted octanol–water partition coefficient (Wildman–Crippen LogP) is 3.82. The van der Waals surface area contributed by atoms with Crippen LogP contribution in [0.3, 0.4) is 0 Å². The van der Waals surface area contributed by atoms with Crippen molar-refractivity contribution in [2.45, 2.75) is 38.2 Å². The molecule has 4 nitrogen and oxygen atoms in total. The number of amides is 1. The maximum atomic E-state index is 12.0. The number of halogens is 1. The van der Waals surface area contributed by atoms with E-state index in [0.29, 0.717) is 12.3 Å². The summed E-state index contributed by atoms with van der Waals surface area (Å²) in [5, 5.41) is 0.0104. The van der Waals surface area contributed by atoms with Gasteiger partial charge in [0.1, 0.15) is 11.0 Å². The zero-order chi connectivity index (χ0) is 15.6. The lowest BCUT2D eigenvalue weighted by atomic mass is 10.2. The first-order chi connectivity index (χ1) is 9.76. The van der Waals surface area contributed by atoms with E-state index >= 15 is 0 Å². The normalized spacial score (nSPS) is 19.1. The summed E-state index contributed by atoms with van der Waals surface area (Å²) in [4.78, 5) is 26.7. The maximum Gasteiger partial charge on any atom is 0.308 e. The third-order valence-electron chi connectivity index (χ3n) is 2.78. The molecule has 1 aromatic heterocycles. The highest BCUT2D eigenvalue weighted by atomic mass is 79.9. The average Bonchev–Trinajstić information content (AvgIpc) is 2.91. The highest BCUT2D eigenvalue weighted by Gasteiger charge is 2.34. The Morgan fingerprint density at radius 2 is 2.19 bits per heavy atom. The zero-order valence-corrected chi connectivity index (χ0v) is 15.4. The number of thioether (sulfide) groups is 1. The lowest BCUT2D eigenvalue weighted by molar-refractivity contribution is -0.155. The minimum Gasteiger partial charge on any atom is -0.460 e. The number of hydrogen-bond donors (Lipinski definition) is 0. The first-order valence-corrected chi connectivity index (χ1v) is 9.30. The standard InChI is InChI=1S/C14H18BrNO3S2/c1-14(2,3)19-12(18)6-7-16-11(17)8-20-13(16)9-4-5-10(15)21-9/h4-5,13H,6-8H2,1-3H3. The minimum absolute atomic E-state index is 0.0104. The van der Waals surface area contributed by atoms with Crippen LogP contribution in [-0.2, 0) is 14.3 Å². The Bertz CT molecular complexity index is 539. The van der Waals surface area contributed by atoms with Crippen molar-refractivity contribution in [1.29, 1.82) is 0 Å². The number of hydrogen-bond acceptors (Lipinski definition) is 5. The fourth-order valence-electron chi connectivity index (χ4n) is 2.00. The number of nitrogens with zero attached hydrogens (tertiary/aromatic N) is 1. The molecular formula is C14H18BrNO3S2. The lowest BCUT2D eigenvalue weighted by Crippen LogP contribution is -2.32. The fraction of sp³-hybridized carbons (Fsp3) is 0.571. The van der Waals surface area contributed by atoms with E-state index in [1.54, 1.807) is 28.0 Å². The van der Waals surface area contributed by atoms with Crippen molar-refractivity contribution in [2.75, 3.05) is 12.3 Å². The van der Waals surface area contributed by atoms with Crippen LogP contribution in [0.1, 0.15) is 37.4 Å². The van der Waals surface area contributed by atoms with Crippen LogP contribution in [0.15, 0.2) is 15.9 Å². The average molecular weight is 392 g/mol. The van der Waals surface area contributed by atoms with Crippen molar-refractivity contribution in [3.05, 3.63) is 20.8 Å². The van der Waals surface area contributed by atoms with Crippen LogP contribution in [0.2, 0.25) is 0 Å². The van der Waals surface area contributed by atoms with Crippen molar-refractivity contribution in [3.63, 3.8) is 0 Å². The van der Waals surface area contributed by atoms with Crippen LogP contribution in [0.25, 0.3) is 0 Å². The summed E-state index contributed by atoms with van der Waals surface area (Å²) >= 11 is 6.67. The third kappa shape index (κ3) is 4.72. The van der Waals surface area contributed by atoms with E-state index in [0.717, 1.165) is 8.66 Å². The van der Waals surface area contributed by atoms with Crippen LogP contribution in [0, 0.1) is 0 Å². The summed E-state index contributed by atoms with van der Waals surface area (Å²) in [7, 11) is 0. The summed E-state index contributed by atoms with van der Waals surface area (Å²) in [6, 6.07) is 4.00. The van der Waals surface area contributed by atoms with Gasteiger partial charge in [-0.15, -0.1) is 23.1 Å². The van der Waals surface area contributed by atoms with Crippen LogP contribution in [0.5, 0.6) is 0 Å². The monoisotopic (exact) mass is 391 g/mol. The highest BCUT2D eigenvalue weighted by molar-refractivity contribution is 9.11. The Balaban J connectivity index is 1.97. The second-order valence-electron chi connectivity index (χ2n) is 5.73. The molecule has 2 heterocycles. The third-order valence-corrected chi connectivity index (χ3v) is 5.85. The predicted molar refractivity (Wildman–Crippen MR) is 89.4 cm³/mol. The lowest BCUT2D eigenvalue weighted by Gasteiger charge is -2.24. The van der Waals surface area contributed by atoms with E-state index in [2.05, 4.69) is 15.9 Å². The van der Waals surface area contributed by atoms with Crippen molar-refractivity contribution in [3.8, 4) is 0 Å². The topological polar surface area (TPSA) is 46.6 Å². The van der Waals surface area contributed by atoms with Gasteiger partial charge in [-0.2, -0.15) is 0 Å². The first-order valence-electron chi connectivity index (χ1n) is 6.64. The molecule has 1 aromatic rings. The summed E-state index contributed by atoms with van der Waals surface area (Å²) in [5.74, 6) is 0.283. The van der Waals surface area contributed by atoms with Crippen molar-refractivity contribution in [1.82, 2.24) is 4.90 Å². The Hall–Kier alpha value is -0.530. The number of rotatable bonds is 4. The SMILES string of the molecule is CC(C)(C)OC(=O)CCN1C(=O)CSC1c1ccc(Br)s1. The number of ether oxygens (including phenoxy) is 1. The van der Waals surface area contributed by atoms with Crippen LogP contribution in [0.4, 0.5) is 0 Å². The largest absolute Gasteiger partial charge is 0.460 e. The molecule has 1 aliphatic heterocycles. The molecule has 0 spiro atoms. The molecule has 1 atom stereocenters. The van der Waals surface area contributed by atoms with Gasteiger partial charge in [0.25, 0.3) is 0 Å². The molecule has 0 aliphatic carbocycles. The van der Waals surface area contributed by atoms with Crippen LogP contribution in [-0.4, -0.2) is 34.7 Å². The fourth-order valence-corrected chi connectivity index (χ4v) is 4.88. The van der Waals surface area contributed by atoms with E-state index in [1.807, 2.05) is 32.9 Å². The van der Waals surface area contributed by atoms with Crippen molar-refractivity contribution in [2.24, 2.45) is 0 Å². The van der Waals surface area contributed by atoms with Gasteiger partial charge in [-0.25, -0.2) is 0 Å². The molecular weight excluding hydrogens is 374 g/mol. The molecule has 0 radical (unpaired) electrons. The smallest absolute Gasteiger partial charge is 0.308 e. The van der Waals surface area contributed by atoms with E-state index in [9.17, 15) is 9.59 Å².